The van der Waals surface area contributed by atoms with Crippen LogP contribution in [0.5, 0.6) is 17.2 Å². The lowest BCUT2D eigenvalue weighted by atomic mass is 10.0. The highest BCUT2D eigenvalue weighted by Crippen LogP contribution is 2.47. The number of ether oxygens (including phenoxy) is 2. The number of methoxy groups -OCH3 is 1. The topological polar surface area (TPSA) is 92.8 Å². The van der Waals surface area contributed by atoms with Gasteiger partial charge < -0.3 is 25.0 Å². The molecular weight excluding hydrogens is 583 g/mol. The lowest BCUT2D eigenvalue weighted by Crippen LogP contribution is -2.35. The molecule has 9 heteroatoms. The zero-order valence-electron chi connectivity index (χ0n) is 26.5. The Morgan fingerprint density at radius 1 is 0.870 bits per heavy atom. The number of carbonyl (C=O) groups excluding carboxylic acids is 2. The second kappa shape index (κ2) is 13.9. The lowest BCUT2D eigenvalue weighted by molar-refractivity contribution is -0.131. The summed E-state index contributed by atoms with van der Waals surface area (Å²) in [6, 6.07) is 17.2. The maximum absolute atomic E-state index is 15.3. The molecule has 2 amide bonds. The van der Waals surface area contributed by atoms with Gasteiger partial charge in [-0.15, -0.1) is 0 Å². The molecule has 2 N–H and O–H groups in total. The van der Waals surface area contributed by atoms with Crippen molar-refractivity contribution in [3.05, 3.63) is 83.8 Å². The molecule has 2 fully saturated rings. The normalized spacial score (nSPS) is 15.7. The van der Waals surface area contributed by atoms with E-state index in [2.05, 4.69) is 20.5 Å². The van der Waals surface area contributed by atoms with Gasteiger partial charge in [0.25, 0.3) is 0 Å². The molecule has 46 heavy (non-hydrogen) atoms. The van der Waals surface area contributed by atoms with E-state index in [1.165, 1.54) is 44.5 Å². The Morgan fingerprint density at radius 2 is 1.59 bits per heavy atom. The molecule has 1 saturated heterocycles. The van der Waals surface area contributed by atoms with Gasteiger partial charge >= 0.3 is 0 Å². The quantitative estimate of drug-likeness (QED) is 0.124. The van der Waals surface area contributed by atoms with Gasteiger partial charge in [-0.2, -0.15) is 0 Å². The van der Waals surface area contributed by atoms with Crippen molar-refractivity contribution in [1.29, 1.82) is 0 Å². The lowest BCUT2D eigenvalue weighted by Gasteiger charge is -2.26. The fourth-order valence-electron chi connectivity index (χ4n) is 6.10. The number of rotatable bonds is 12. The SMILES string of the molecule is COc1cc2c(Oc3ccc(NC(=O)C4(C(=O)Nc5ccc(C)cc5)CC4)cc3F)ccnc2cc1CCCCN1CCCCC1. The number of nitrogens with zero attached hydrogens (tertiary/aromatic N) is 2. The van der Waals surface area contributed by atoms with E-state index in [1.807, 2.05) is 31.2 Å². The number of likely N-dealkylation sites (tertiary alicyclic amines) is 1. The molecule has 0 bridgehead atoms. The summed E-state index contributed by atoms with van der Waals surface area (Å²) in [7, 11) is 1.65. The van der Waals surface area contributed by atoms with E-state index in [1.54, 1.807) is 37.6 Å². The number of unbranched alkanes of at least 4 members (excludes halogenated alkanes) is 1. The van der Waals surface area contributed by atoms with Crippen molar-refractivity contribution in [3.63, 3.8) is 0 Å². The summed E-state index contributed by atoms with van der Waals surface area (Å²) < 4.78 is 27.1. The number of hydrogen-bond acceptors (Lipinski definition) is 6. The Morgan fingerprint density at radius 3 is 2.28 bits per heavy atom. The molecule has 240 valence electrons. The van der Waals surface area contributed by atoms with Crippen LogP contribution in [0.15, 0.2) is 66.9 Å². The first-order valence-electron chi connectivity index (χ1n) is 16.2. The number of carbonyl (C=O) groups is 2. The summed E-state index contributed by atoms with van der Waals surface area (Å²) in [5.41, 5.74) is 2.61. The fourth-order valence-corrected chi connectivity index (χ4v) is 6.10. The molecule has 2 aliphatic rings. The van der Waals surface area contributed by atoms with Crippen molar-refractivity contribution in [2.75, 3.05) is 37.4 Å². The van der Waals surface area contributed by atoms with Gasteiger partial charge in [-0.1, -0.05) is 24.1 Å². The van der Waals surface area contributed by atoms with Crippen LogP contribution in [0.4, 0.5) is 15.8 Å². The smallest absolute Gasteiger partial charge is 0.240 e. The number of pyridine rings is 1. The molecule has 6 rings (SSSR count). The zero-order chi connectivity index (χ0) is 32.1. The van der Waals surface area contributed by atoms with Crippen molar-refractivity contribution in [2.45, 2.75) is 58.3 Å². The van der Waals surface area contributed by atoms with Crippen molar-refractivity contribution in [2.24, 2.45) is 5.41 Å². The van der Waals surface area contributed by atoms with Crippen LogP contribution in [0.3, 0.4) is 0 Å². The van der Waals surface area contributed by atoms with Crippen molar-refractivity contribution < 1.29 is 23.5 Å². The zero-order valence-corrected chi connectivity index (χ0v) is 26.5. The molecular formula is C37H41FN4O4. The maximum Gasteiger partial charge on any atom is 0.240 e. The molecule has 0 atom stereocenters. The highest BCUT2D eigenvalue weighted by atomic mass is 19.1. The number of anilines is 2. The fraction of sp³-hybridized carbons (Fsp3) is 0.378. The van der Waals surface area contributed by atoms with Crippen LogP contribution in [0.2, 0.25) is 0 Å². The van der Waals surface area contributed by atoms with E-state index in [0.29, 0.717) is 29.7 Å². The second-order valence-electron chi connectivity index (χ2n) is 12.5. The van der Waals surface area contributed by atoms with E-state index in [0.717, 1.165) is 48.2 Å². The predicted molar refractivity (Wildman–Crippen MR) is 178 cm³/mol. The number of aromatic nitrogens is 1. The van der Waals surface area contributed by atoms with Crippen LogP contribution in [0.1, 0.15) is 56.1 Å². The monoisotopic (exact) mass is 624 g/mol. The third-order valence-electron chi connectivity index (χ3n) is 9.06. The molecule has 2 heterocycles. The Labute approximate surface area is 269 Å². The average molecular weight is 625 g/mol. The second-order valence-corrected chi connectivity index (χ2v) is 12.5. The summed E-state index contributed by atoms with van der Waals surface area (Å²) >= 11 is 0. The largest absolute Gasteiger partial charge is 0.496 e. The number of benzene rings is 3. The third-order valence-corrected chi connectivity index (χ3v) is 9.06. The van der Waals surface area contributed by atoms with Crippen molar-refractivity contribution >= 4 is 34.1 Å². The molecule has 1 aliphatic carbocycles. The number of hydrogen-bond donors (Lipinski definition) is 2. The van der Waals surface area contributed by atoms with Crippen molar-refractivity contribution in [3.8, 4) is 17.2 Å². The Hall–Kier alpha value is -4.50. The molecule has 0 unspecified atom stereocenters. The molecule has 4 aromatic rings. The third kappa shape index (κ3) is 7.15. The Bertz CT molecular complexity index is 1720. The van der Waals surface area contributed by atoms with Gasteiger partial charge in [-0.25, -0.2) is 4.39 Å². The van der Waals surface area contributed by atoms with Gasteiger partial charge in [-0.3, -0.25) is 14.6 Å². The van der Waals surface area contributed by atoms with E-state index in [-0.39, 0.29) is 17.3 Å². The number of fused-ring (bicyclic) bond motifs is 1. The van der Waals surface area contributed by atoms with Crippen LogP contribution < -0.4 is 20.1 Å². The summed E-state index contributed by atoms with van der Waals surface area (Å²) in [6.45, 7) is 5.50. The molecule has 0 spiro atoms. The van der Waals surface area contributed by atoms with E-state index in [4.69, 9.17) is 9.47 Å². The maximum atomic E-state index is 15.3. The first-order chi connectivity index (χ1) is 22.3. The van der Waals surface area contributed by atoms with E-state index in [9.17, 15) is 9.59 Å². The van der Waals surface area contributed by atoms with Gasteiger partial charge in [0, 0.05) is 29.0 Å². The van der Waals surface area contributed by atoms with Gasteiger partial charge in [0.1, 0.15) is 16.9 Å². The van der Waals surface area contributed by atoms with Crippen LogP contribution >= 0.6 is 0 Å². The molecule has 1 saturated carbocycles. The highest BCUT2D eigenvalue weighted by molar-refractivity contribution is 6.16. The molecule has 0 radical (unpaired) electrons. The van der Waals surface area contributed by atoms with Gasteiger partial charge in [0.15, 0.2) is 11.6 Å². The van der Waals surface area contributed by atoms with E-state index < -0.39 is 17.1 Å². The van der Waals surface area contributed by atoms with Crippen LogP contribution in [-0.4, -0.2) is 48.4 Å². The molecule has 3 aromatic carbocycles. The number of aryl methyl sites for hydroxylation is 2. The van der Waals surface area contributed by atoms with Crippen LogP contribution in [0, 0.1) is 18.2 Å². The minimum Gasteiger partial charge on any atom is -0.496 e. The Kier molecular flexibility index (Phi) is 9.49. The van der Waals surface area contributed by atoms with Crippen LogP contribution in [0.25, 0.3) is 10.9 Å². The first kappa shape index (κ1) is 31.5. The summed E-state index contributed by atoms with van der Waals surface area (Å²) in [6.07, 6.45) is 9.53. The van der Waals surface area contributed by atoms with Crippen molar-refractivity contribution in [1.82, 2.24) is 9.88 Å². The molecule has 8 nitrogen and oxygen atoms in total. The first-order valence-corrected chi connectivity index (χ1v) is 16.2. The van der Waals surface area contributed by atoms with Gasteiger partial charge in [0.2, 0.25) is 11.8 Å². The number of nitrogens with one attached hydrogen (secondary N) is 2. The highest BCUT2D eigenvalue weighted by Gasteiger charge is 2.56. The Balaban J connectivity index is 1.10. The number of halogens is 1. The summed E-state index contributed by atoms with van der Waals surface area (Å²) in [4.78, 5) is 33.2. The summed E-state index contributed by atoms with van der Waals surface area (Å²) in [5.74, 6) is -0.268. The average Bonchev–Trinajstić information content (AvgIpc) is 3.88. The molecule has 1 aromatic heterocycles. The number of piperidine rings is 1. The van der Waals surface area contributed by atoms with Gasteiger partial charge in [0.05, 0.1) is 12.6 Å². The van der Waals surface area contributed by atoms with Gasteiger partial charge in [-0.05, 0) is 120 Å². The van der Waals surface area contributed by atoms with Crippen LogP contribution in [-0.2, 0) is 16.0 Å². The molecule has 1 aliphatic heterocycles. The predicted octanol–water partition coefficient (Wildman–Crippen LogP) is 7.65. The summed E-state index contributed by atoms with van der Waals surface area (Å²) in [5, 5.41) is 6.26. The van der Waals surface area contributed by atoms with E-state index >= 15 is 4.39 Å². The standard InChI is InChI=1S/C37H41FN4O4/c1-25-9-11-27(12-10-25)40-35(43)37(16-17-37)36(44)41-28-13-14-33(30(38)23-28)46-32-15-18-39-31-22-26(34(45-2)24-29(31)32)8-4-7-21-42-19-5-3-6-20-42/h9-15,18,22-24H,3-8,16-17,19-21H2,1-2H3,(H,40,43)(H,41,44). The minimum atomic E-state index is -1.17. The number of amides is 2. The minimum absolute atomic E-state index is 0.00417.